The summed E-state index contributed by atoms with van der Waals surface area (Å²) in [7, 11) is 0. The molecule has 0 saturated carbocycles. The highest BCUT2D eigenvalue weighted by Gasteiger charge is 2.20. The lowest BCUT2D eigenvalue weighted by Gasteiger charge is -2.09. The predicted octanol–water partition coefficient (Wildman–Crippen LogP) is 2.87. The predicted molar refractivity (Wildman–Crippen MR) is 74.7 cm³/mol. The van der Waals surface area contributed by atoms with E-state index in [1.54, 1.807) is 18.2 Å². The molecular formula is C13H10ClN3O4. The summed E-state index contributed by atoms with van der Waals surface area (Å²) in [6, 6.07) is 5.04. The molecule has 0 bridgehead atoms. The highest BCUT2D eigenvalue weighted by molar-refractivity contribution is 6.28. The van der Waals surface area contributed by atoms with Crippen LogP contribution >= 0.6 is 11.6 Å². The number of rotatable bonds is 2. The van der Waals surface area contributed by atoms with E-state index in [0.717, 1.165) is 12.6 Å². The fraction of sp³-hybridized carbons (Fsp3) is 0.231. The molecule has 1 aliphatic heterocycles. The first-order valence-electron chi connectivity index (χ1n) is 6.22. The standard InChI is InChI=1S/C13H10ClN3O4/c14-13-15-7-9(17(18)19)12(16-13)8-2-3-10-11(6-8)21-5-1-4-20-10/h2-3,6-7H,1,4-5H2. The molecule has 3 rings (SSSR count). The molecular weight excluding hydrogens is 298 g/mol. The van der Waals surface area contributed by atoms with E-state index in [4.69, 9.17) is 21.1 Å². The number of hydrogen-bond acceptors (Lipinski definition) is 6. The van der Waals surface area contributed by atoms with Crippen molar-refractivity contribution >= 4 is 17.3 Å². The molecule has 0 unspecified atom stereocenters. The monoisotopic (exact) mass is 307 g/mol. The molecule has 1 aromatic heterocycles. The second kappa shape index (κ2) is 5.53. The minimum atomic E-state index is -0.547. The van der Waals surface area contributed by atoms with E-state index in [1.165, 1.54) is 0 Å². The van der Waals surface area contributed by atoms with Crippen molar-refractivity contribution in [1.82, 2.24) is 9.97 Å². The largest absolute Gasteiger partial charge is 0.490 e. The van der Waals surface area contributed by atoms with Gasteiger partial charge in [-0.15, -0.1) is 0 Å². The van der Waals surface area contributed by atoms with Gasteiger partial charge in [0.25, 0.3) is 0 Å². The van der Waals surface area contributed by atoms with Crippen molar-refractivity contribution in [2.24, 2.45) is 0 Å². The zero-order chi connectivity index (χ0) is 14.8. The minimum absolute atomic E-state index is 0.0530. The van der Waals surface area contributed by atoms with Gasteiger partial charge in [-0.2, -0.15) is 0 Å². The molecule has 1 aromatic carbocycles. The van der Waals surface area contributed by atoms with Crippen molar-refractivity contribution < 1.29 is 14.4 Å². The van der Waals surface area contributed by atoms with Gasteiger partial charge in [-0.25, -0.2) is 9.97 Å². The Bertz CT molecular complexity index is 708. The van der Waals surface area contributed by atoms with Crippen LogP contribution < -0.4 is 9.47 Å². The first-order valence-corrected chi connectivity index (χ1v) is 6.60. The van der Waals surface area contributed by atoms with Crippen LogP contribution in [0.25, 0.3) is 11.3 Å². The average molecular weight is 308 g/mol. The number of nitro groups is 1. The van der Waals surface area contributed by atoms with E-state index in [2.05, 4.69) is 9.97 Å². The lowest BCUT2D eigenvalue weighted by Crippen LogP contribution is -1.98. The molecule has 0 spiro atoms. The Morgan fingerprint density at radius 2 is 2.00 bits per heavy atom. The molecule has 2 aromatic rings. The molecule has 0 fully saturated rings. The summed E-state index contributed by atoms with van der Waals surface area (Å²) in [5, 5.41) is 11.0. The van der Waals surface area contributed by atoms with E-state index >= 15 is 0 Å². The number of nitrogens with zero attached hydrogens (tertiary/aromatic N) is 3. The van der Waals surface area contributed by atoms with Crippen LogP contribution in [0.2, 0.25) is 5.28 Å². The van der Waals surface area contributed by atoms with E-state index in [9.17, 15) is 10.1 Å². The summed E-state index contributed by atoms with van der Waals surface area (Å²) in [6.45, 7) is 1.11. The third-order valence-electron chi connectivity index (χ3n) is 2.96. The molecule has 0 aliphatic carbocycles. The summed E-state index contributed by atoms with van der Waals surface area (Å²) < 4.78 is 11.1. The van der Waals surface area contributed by atoms with Gasteiger partial charge in [-0.3, -0.25) is 10.1 Å². The molecule has 1 aliphatic rings. The number of benzene rings is 1. The van der Waals surface area contributed by atoms with E-state index in [0.29, 0.717) is 30.3 Å². The van der Waals surface area contributed by atoms with Gasteiger partial charge in [0.1, 0.15) is 6.20 Å². The lowest BCUT2D eigenvalue weighted by atomic mass is 10.1. The van der Waals surface area contributed by atoms with E-state index in [-0.39, 0.29) is 16.7 Å². The van der Waals surface area contributed by atoms with Gasteiger partial charge >= 0.3 is 5.69 Å². The number of hydrogen-bond donors (Lipinski definition) is 0. The zero-order valence-electron chi connectivity index (χ0n) is 10.8. The molecule has 0 atom stereocenters. The van der Waals surface area contributed by atoms with Crippen LogP contribution in [-0.2, 0) is 0 Å². The fourth-order valence-corrected chi connectivity index (χ4v) is 2.14. The van der Waals surface area contributed by atoms with Gasteiger partial charge in [-0.05, 0) is 29.8 Å². The lowest BCUT2D eigenvalue weighted by molar-refractivity contribution is -0.384. The quantitative estimate of drug-likeness (QED) is 0.481. The third-order valence-corrected chi connectivity index (χ3v) is 3.14. The zero-order valence-corrected chi connectivity index (χ0v) is 11.5. The molecule has 0 saturated heterocycles. The number of ether oxygens (including phenoxy) is 2. The second-order valence-electron chi connectivity index (χ2n) is 4.34. The Hall–Kier alpha value is -2.41. The Labute approximate surface area is 124 Å². The average Bonchev–Trinajstić information content (AvgIpc) is 2.71. The van der Waals surface area contributed by atoms with Crippen molar-refractivity contribution in [3.05, 3.63) is 39.8 Å². The van der Waals surface area contributed by atoms with Crippen LogP contribution in [0.5, 0.6) is 11.5 Å². The molecule has 21 heavy (non-hydrogen) atoms. The Kier molecular flexibility index (Phi) is 3.57. The molecule has 2 heterocycles. The van der Waals surface area contributed by atoms with Gasteiger partial charge < -0.3 is 9.47 Å². The van der Waals surface area contributed by atoms with E-state index in [1.807, 2.05) is 0 Å². The van der Waals surface area contributed by atoms with Crippen molar-refractivity contribution in [2.45, 2.75) is 6.42 Å². The van der Waals surface area contributed by atoms with E-state index < -0.39 is 4.92 Å². The van der Waals surface area contributed by atoms with Crippen LogP contribution in [0, 0.1) is 10.1 Å². The normalized spacial score (nSPS) is 13.6. The smallest absolute Gasteiger partial charge is 0.313 e. The van der Waals surface area contributed by atoms with Crippen molar-refractivity contribution in [1.29, 1.82) is 0 Å². The SMILES string of the molecule is O=[N+]([O-])c1cnc(Cl)nc1-c1ccc2c(c1)OCCCO2. The first-order chi connectivity index (χ1) is 10.1. The molecule has 7 nitrogen and oxygen atoms in total. The molecule has 0 radical (unpaired) electrons. The molecule has 0 amide bonds. The highest BCUT2D eigenvalue weighted by atomic mass is 35.5. The van der Waals surface area contributed by atoms with Crippen LogP contribution in [0.4, 0.5) is 5.69 Å². The third kappa shape index (κ3) is 2.73. The highest BCUT2D eigenvalue weighted by Crippen LogP contribution is 2.36. The summed E-state index contributed by atoms with van der Waals surface area (Å²) in [4.78, 5) is 18.1. The minimum Gasteiger partial charge on any atom is -0.490 e. The molecule has 0 N–H and O–H groups in total. The van der Waals surface area contributed by atoms with Gasteiger partial charge in [0.05, 0.1) is 18.1 Å². The summed E-state index contributed by atoms with van der Waals surface area (Å²) in [5.41, 5.74) is 0.458. The summed E-state index contributed by atoms with van der Waals surface area (Å²) >= 11 is 5.74. The maximum Gasteiger partial charge on any atom is 0.313 e. The van der Waals surface area contributed by atoms with Crippen molar-refractivity contribution in [2.75, 3.05) is 13.2 Å². The van der Waals surface area contributed by atoms with Crippen molar-refractivity contribution in [3.8, 4) is 22.8 Å². The first kappa shape index (κ1) is 13.6. The fourth-order valence-electron chi connectivity index (χ4n) is 2.01. The van der Waals surface area contributed by atoms with Gasteiger partial charge in [0.15, 0.2) is 17.2 Å². The van der Waals surface area contributed by atoms with Gasteiger partial charge in [0, 0.05) is 12.0 Å². The van der Waals surface area contributed by atoms with Crippen LogP contribution in [-0.4, -0.2) is 28.1 Å². The second-order valence-corrected chi connectivity index (χ2v) is 4.68. The number of aromatic nitrogens is 2. The summed E-state index contributed by atoms with van der Waals surface area (Å²) in [6.07, 6.45) is 1.87. The van der Waals surface area contributed by atoms with Crippen LogP contribution in [0.3, 0.4) is 0 Å². The number of halogens is 1. The topological polar surface area (TPSA) is 87.4 Å². The Morgan fingerprint density at radius 1 is 1.24 bits per heavy atom. The van der Waals surface area contributed by atoms with Gasteiger partial charge in [0.2, 0.25) is 5.28 Å². The maximum atomic E-state index is 11.1. The van der Waals surface area contributed by atoms with Gasteiger partial charge in [-0.1, -0.05) is 0 Å². The molecule has 8 heteroatoms. The van der Waals surface area contributed by atoms with Crippen molar-refractivity contribution in [3.63, 3.8) is 0 Å². The van der Waals surface area contributed by atoms with Crippen LogP contribution in [0.1, 0.15) is 6.42 Å². The molecule has 108 valence electrons. The number of fused-ring (bicyclic) bond motifs is 1. The summed E-state index contributed by atoms with van der Waals surface area (Å²) in [5.74, 6) is 1.15. The maximum absolute atomic E-state index is 11.1. The Morgan fingerprint density at radius 3 is 2.76 bits per heavy atom. The Balaban J connectivity index is 2.10. The van der Waals surface area contributed by atoms with Crippen LogP contribution in [0.15, 0.2) is 24.4 Å².